The summed E-state index contributed by atoms with van der Waals surface area (Å²) in [4.78, 5) is 13.7. The van der Waals surface area contributed by atoms with Crippen molar-refractivity contribution >= 4 is 223 Å². The zero-order valence-corrected chi connectivity index (χ0v) is 49.5. The Balaban J connectivity index is 0.762. The average Bonchev–Trinajstić information content (AvgIpc) is 4.20. The van der Waals surface area contributed by atoms with Gasteiger partial charge >= 0.3 is 0 Å². The van der Waals surface area contributed by atoms with Crippen LogP contribution in [-0.4, -0.2) is 17.5 Å². The van der Waals surface area contributed by atoms with Crippen LogP contribution in [0.5, 0.6) is 0 Å². The number of aryl methyl sites for hydroxylation is 6. The third-order valence-corrected chi connectivity index (χ3v) is 26.7. The number of benzene rings is 4. The predicted molar refractivity (Wildman–Crippen MR) is 328 cm³/mol. The van der Waals surface area contributed by atoms with Crippen molar-refractivity contribution in [3.05, 3.63) is 125 Å². The molecule has 14 rings (SSSR count). The molecule has 4 nitrogen and oxygen atoms in total. The molecule has 0 saturated heterocycles. The summed E-state index contributed by atoms with van der Waals surface area (Å²) in [7, 11) is 0. The van der Waals surface area contributed by atoms with Gasteiger partial charge in [-0.15, -0.1) is 90.7 Å². The van der Waals surface area contributed by atoms with E-state index in [1.807, 2.05) is 47.0 Å². The molecule has 0 aliphatic carbocycles. The van der Waals surface area contributed by atoms with Crippen LogP contribution >= 0.6 is 161 Å². The lowest BCUT2D eigenvalue weighted by molar-refractivity contribution is 1.57. The molecule has 0 fully saturated rings. The highest BCUT2D eigenvalue weighted by molar-refractivity contribution is 7.30. The van der Waals surface area contributed by atoms with Crippen molar-refractivity contribution in [1.29, 1.82) is 0 Å². The first-order valence-electron chi connectivity index (χ1n) is 22.3. The van der Waals surface area contributed by atoms with E-state index in [0.29, 0.717) is 0 Å². The van der Waals surface area contributed by atoms with Crippen molar-refractivity contribution in [1.82, 2.24) is 17.5 Å². The van der Waals surface area contributed by atoms with Crippen molar-refractivity contribution in [2.45, 2.75) is 41.5 Å². The van der Waals surface area contributed by atoms with Gasteiger partial charge in [-0.1, -0.05) is 70.7 Å². The highest BCUT2D eigenvalue weighted by Gasteiger charge is 2.26. The van der Waals surface area contributed by atoms with Crippen LogP contribution in [0.3, 0.4) is 0 Å². The fraction of sp³-hybridized carbons (Fsp3) is 0.111. The van der Waals surface area contributed by atoms with Crippen molar-refractivity contribution in [2.75, 3.05) is 0 Å². The van der Waals surface area contributed by atoms with E-state index in [2.05, 4.69) is 101 Å². The van der Waals surface area contributed by atoms with Crippen LogP contribution in [0.1, 0.15) is 32.0 Å². The molecule has 0 saturated carbocycles. The van der Waals surface area contributed by atoms with Gasteiger partial charge in [0.25, 0.3) is 0 Å². The molecular formula is C54H30Cl4N4S10. The zero-order chi connectivity index (χ0) is 49.2. The fourth-order valence-corrected chi connectivity index (χ4v) is 22.0. The molecule has 0 aliphatic heterocycles. The molecule has 10 aromatic heterocycles. The first kappa shape index (κ1) is 46.8. The van der Waals surface area contributed by atoms with E-state index in [4.69, 9.17) is 63.9 Å². The van der Waals surface area contributed by atoms with Gasteiger partial charge in [0, 0.05) is 101 Å². The number of rotatable bonds is 7. The molecular weight excluding hydrogens is 1170 g/mol. The average molecular weight is 1200 g/mol. The molecule has 0 radical (unpaired) electrons. The quantitative estimate of drug-likeness (QED) is 0.160. The zero-order valence-electron chi connectivity index (χ0n) is 38.3. The summed E-state index contributed by atoms with van der Waals surface area (Å²) in [6, 6.07) is 26.4. The molecule has 72 heavy (non-hydrogen) atoms. The summed E-state index contributed by atoms with van der Waals surface area (Å²) in [6.45, 7) is 13.0. The maximum atomic E-state index is 7.28. The van der Waals surface area contributed by atoms with Gasteiger partial charge in [-0.05, 0) is 123 Å². The molecule has 18 heteroatoms. The molecule has 4 aromatic carbocycles. The van der Waals surface area contributed by atoms with Crippen LogP contribution in [0.15, 0.2) is 72.8 Å². The minimum atomic E-state index is 0.747. The van der Waals surface area contributed by atoms with Gasteiger partial charge in [0.2, 0.25) is 0 Å². The molecule has 354 valence electrons. The molecule has 0 unspecified atom stereocenters. The molecule has 0 aliphatic rings. The Morgan fingerprint density at radius 3 is 1.39 bits per heavy atom. The standard InChI is InChI=1S/C54H30Cl4N4S10/c1-19-29-15-39(68-49(29)20(2)30-16-40(69-50(19)30)53-32(56)18-38(67-53)28-10-9-27(47-48(28)62-72-61-47)37-17-31(55)23(5)63-37)35-13-11-33(65-35)25-7-8-26(46-45(25)59-71-60-46)34-12-14-36(66-34)54-44(58)42-22(4)51-41(21(3)52(42)70-54)43(57)24(6)64-51/h7-18H,1-6H3. The Labute approximate surface area is 472 Å². The van der Waals surface area contributed by atoms with Gasteiger partial charge in [-0.25, -0.2) is 0 Å². The van der Waals surface area contributed by atoms with Crippen LogP contribution in [0.2, 0.25) is 20.1 Å². The van der Waals surface area contributed by atoms with Gasteiger partial charge in [0.1, 0.15) is 22.1 Å². The third kappa shape index (κ3) is 7.05. The Morgan fingerprint density at radius 2 is 0.806 bits per heavy atom. The van der Waals surface area contributed by atoms with E-state index < -0.39 is 0 Å². The van der Waals surface area contributed by atoms with Gasteiger partial charge in [0.15, 0.2) is 0 Å². The number of hydrogen-bond donors (Lipinski definition) is 0. The Hall–Kier alpha value is -3.68. The molecule has 0 atom stereocenters. The second kappa shape index (κ2) is 17.4. The molecule has 0 bridgehead atoms. The van der Waals surface area contributed by atoms with E-state index in [9.17, 15) is 0 Å². The van der Waals surface area contributed by atoms with Crippen LogP contribution in [-0.2, 0) is 0 Å². The van der Waals surface area contributed by atoms with E-state index in [1.54, 1.807) is 56.7 Å². The van der Waals surface area contributed by atoms with Crippen molar-refractivity contribution < 1.29 is 0 Å². The lowest BCUT2D eigenvalue weighted by atomic mass is 10.0. The van der Waals surface area contributed by atoms with Gasteiger partial charge in [-0.2, -0.15) is 17.5 Å². The number of nitrogens with zero attached hydrogens (tertiary/aromatic N) is 4. The van der Waals surface area contributed by atoms with Crippen LogP contribution < -0.4 is 0 Å². The summed E-state index contributed by atoms with van der Waals surface area (Å²) in [5.74, 6) is 0. The monoisotopic (exact) mass is 1190 g/mol. The fourth-order valence-electron chi connectivity index (χ4n) is 9.90. The van der Waals surface area contributed by atoms with E-state index >= 15 is 0 Å². The topological polar surface area (TPSA) is 51.6 Å². The number of thiophene rings is 8. The smallest absolute Gasteiger partial charge is 0.114 e. The normalized spacial score (nSPS) is 12.3. The summed E-state index contributed by atoms with van der Waals surface area (Å²) in [5, 5.41) is 8.06. The molecule has 14 aromatic rings. The number of aromatic nitrogens is 4. The molecule has 10 heterocycles. The van der Waals surface area contributed by atoms with Gasteiger partial charge in [-0.3, -0.25) is 0 Å². The Morgan fingerprint density at radius 1 is 0.333 bits per heavy atom. The highest BCUT2D eigenvalue weighted by Crippen LogP contribution is 2.54. The van der Waals surface area contributed by atoms with Gasteiger partial charge < -0.3 is 0 Å². The van der Waals surface area contributed by atoms with Gasteiger partial charge in [0.05, 0.1) is 53.3 Å². The second-order valence-corrected chi connectivity index (χ2v) is 29.2. The van der Waals surface area contributed by atoms with Crippen molar-refractivity contribution in [3.8, 4) is 71.0 Å². The largest absolute Gasteiger partial charge is 0.172 e. The van der Waals surface area contributed by atoms with Crippen LogP contribution in [0.4, 0.5) is 0 Å². The first-order valence-corrected chi connectivity index (χ1v) is 31.9. The lowest BCUT2D eigenvalue weighted by Crippen LogP contribution is -1.81. The molecule has 0 N–H and O–H groups in total. The molecule has 0 amide bonds. The number of fused-ring (bicyclic) bond motifs is 6. The van der Waals surface area contributed by atoms with E-state index in [1.165, 1.54) is 94.8 Å². The Bertz CT molecular complexity index is 4540. The SMILES string of the molecule is Cc1sc(-c2ccc(-c3cc(Cl)c(-c4cc5c(C)c6sc(-c7ccc(-c8ccc(-c9ccc(-c%10sc%11c(C)c%12c(Cl)c(C)sc%12c(C)c%11c%10Cl)s9)c9nsnc89)s7)cc6c(C)c5s4)s3)c3nsnc23)cc1Cl. The van der Waals surface area contributed by atoms with E-state index in [0.717, 1.165) is 114 Å². The van der Waals surface area contributed by atoms with Crippen molar-refractivity contribution in [2.24, 2.45) is 0 Å². The summed E-state index contributed by atoms with van der Waals surface area (Å²) < 4.78 is 24.3. The second-order valence-electron chi connectivity index (χ2n) is 17.7. The summed E-state index contributed by atoms with van der Waals surface area (Å²) in [5.41, 5.74) is 12.9. The maximum Gasteiger partial charge on any atom is 0.114 e. The van der Waals surface area contributed by atoms with Crippen LogP contribution in [0, 0.1) is 41.5 Å². The molecule has 0 spiro atoms. The van der Waals surface area contributed by atoms with E-state index in [-0.39, 0.29) is 0 Å². The third-order valence-electron chi connectivity index (χ3n) is 13.6. The number of hydrogen-bond acceptors (Lipinski definition) is 14. The summed E-state index contributed by atoms with van der Waals surface area (Å²) in [6.07, 6.45) is 0. The highest BCUT2D eigenvalue weighted by atomic mass is 35.5. The number of halogens is 4. The van der Waals surface area contributed by atoms with Crippen molar-refractivity contribution in [3.63, 3.8) is 0 Å². The maximum absolute atomic E-state index is 7.28. The van der Waals surface area contributed by atoms with Crippen LogP contribution in [0.25, 0.3) is 133 Å². The lowest BCUT2D eigenvalue weighted by Gasteiger charge is -2.05. The Kier molecular flexibility index (Phi) is 11.3. The summed E-state index contributed by atoms with van der Waals surface area (Å²) >= 11 is 44.4. The minimum absolute atomic E-state index is 0.747. The minimum Gasteiger partial charge on any atom is -0.172 e. The first-order chi connectivity index (χ1) is 34.8. The predicted octanol–water partition coefficient (Wildman–Crippen LogP) is 22.9.